The monoisotopic (exact) mass is 410 g/mol. The molecule has 2 atom stereocenters. The molecule has 0 amide bonds. The molecule has 2 unspecified atom stereocenters. The van der Waals surface area contributed by atoms with E-state index < -0.39 is 5.60 Å². The van der Waals surface area contributed by atoms with E-state index in [1.165, 1.54) is 0 Å². The molecule has 0 fully saturated rings. The molecular formula is C25H30O5. The van der Waals surface area contributed by atoms with Gasteiger partial charge in [0.15, 0.2) is 5.78 Å². The molecule has 0 radical (unpaired) electrons. The Balaban J connectivity index is 1.80. The minimum atomic E-state index is -0.522. The Morgan fingerprint density at radius 1 is 1.27 bits per heavy atom. The molecule has 2 heterocycles. The van der Waals surface area contributed by atoms with Gasteiger partial charge in [-0.15, -0.1) is 0 Å². The summed E-state index contributed by atoms with van der Waals surface area (Å²) in [6.07, 6.45) is 5.69. The highest BCUT2D eigenvalue weighted by Crippen LogP contribution is 2.48. The lowest BCUT2D eigenvalue weighted by Gasteiger charge is -2.28. The highest BCUT2D eigenvalue weighted by molar-refractivity contribution is 5.91. The quantitative estimate of drug-likeness (QED) is 0.332. The van der Waals surface area contributed by atoms with Gasteiger partial charge in [0.05, 0.1) is 18.1 Å². The van der Waals surface area contributed by atoms with Crippen LogP contribution < -0.4 is 15.1 Å². The standard InChI is InChI=1S/C25H30O5/c1-15(2)12-18(26)13-16(3)8-7-11-25(5)17(4)22-23(30-25)20-10-9-19(28-6)14-21(20)29-24(22)27/h8-10,12,14,17H,7,11,13H2,1-6H3. The van der Waals surface area contributed by atoms with Crippen LogP contribution in [0.5, 0.6) is 11.5 Å². The number of carbonyl (C=O) groups is 1. The number of ether oxygens (including phenoxy) is 2. The maximum atomic E-state index is 12.7. The molecule has 1 aromatic carbocycles. The van der Waals surface area contributed by atoms with E-state index in [2.05, 4.69) is 6.08 Å². The van der Waals surface area contributed by atoms with Gasteiger partial charge in [0.2, 0.25) is 0 Å². The molecule has 1 aliphatic rings. The van der Waals surface area contributed by atoms with Gasteiger partial charge in [-0.05, 0) is 58.7 Å². The fourth-order valence-corrected chi connectivity index (χ4v) is 4.00. The zero-order valence-electron chi connectivity index (χ0n) is 18.6. The highest BCUT2D eigenvalue weighted by atomic mass is 16.5. The van der Waals surface area contributed by atoms with Crippen molar-refractivity contribution in [2.75, 3.05) is 7.11 Å². The lowest BCUT2D eigenvalue weighted by Crippen LogP contribution is -2.33. The Labute approximate surface area is 177 Å². The number of methoxy groups -OCH3 is 1. The minimum absolute atomic E-state index is 0.101. The topological polar surface area (TPSA) is 65.7 Å². The number of carbonyl (C=O) groups excluding carboxylic acids is 1. The Kier molecular flexibility index (Phi) is 6.20. The summed E-state index contributed by atoms with van der Waals surface area (Å²) in [5.74, 6) is 1.25. The Bertz CT molecular complexity index is 1080. The van der Waals surface area contributed by atoms with Crippen LogP contribution in [0.15, 0.2) is 50.7 Å². The van der Waals surface area contributed by atoms with Crippen molar-refractivity contribution in [3.8, 4) is 11.5 Å². The van der Waals surface area contributed by atoms with Crippen LogP contribution in [0.4, 0.5) is 0 Å². The summed E-state index contributed by atoms with van der Waals surface area (Å²) in [5, 5.41) is 0.778. The maximum absolute atomic E-state index is 12.7. The molecule has 30 heavy (non-hydrogen) atoms. The first-order valence-electron chi connectivity index (χ1n) is 10.3. The van der Waals surface area contributed by atoms with Gasteiger partial charge in [-0.25, -0.2) is 4.79 Å². The third-order valence-electron chi connectivity index (χ3n) is 5.82. The molecule has 1 aliphatic heterocycles. The molecule has 3 rings (SSSR count). The van der Waals surface area contributed by atoms with Crippen molar-refractivity contribution in [2.24, 2.45) is 0 Å². The molecule has 5 nitrogen and oxygen atoms in total. The Hall–Kier alpha value is -2.82. The molecular weight excluding hydrogens is 380 g/mol. The average Bonchev–Trinajstić information content (AvgIpc) is 2.92. The lowest BCUT2D eigenvalue weighted by atomic mass is 9.84. The third-order valence-corrected chi connectivity index (χ3v) is 5.82. The molecule has 0 N–H and O–H groups in total. The second kappa shape index (κ2) is 8.50. The van der Waals surface area contributed by atoms with Gasteiger partial charge in [-0.3, -0.25) is 4.79 Å². The molecule has 0 spiro atoms. The van der Waals surface area contributed by atoms with E-state index in [-0.39, 0.29) is 17.3 Å². The van der Waals surface area contributed by atoms with Gasteiger partial charge in [0, 0.05) is 18.4 Å². The second-order valence-corrected chi connectivity index (χ2v) is 8.58. The molecule has 160 valence electrons. The van der Waals surface area contributed by atoms with Crippen LogP contribution in [0.2, 0.25) is 0 Å². The van der Waals surface area contributed by atoms with E-state index in [9.17, 15) is 9.59 Å². The fourth-order valence-electron chi connectivity index (χ4n) is 4.00. The zero-order chi connectivity index (χ0) is 22.1. The molecule has 0 bridgehead atoms. The first-order valence-corrected chi connectivity index (χ1v) is 10.3. The van der Waals surface area contributed by atoms with E-state index in [0.717, 1.165) is 29.4 Å². The summed E-state index contributed by atoms with van der Waals surface area (Å²) >= 11 is 0. The van der Waals surface area contributed by atoms with Gasteiger partial charge < -0.3 is 13.9 Å². The minimum Gasteiger partial charge on any atom is -0.497 e. The Morgan fingerprint density at radius 3 is 2.67 bits per heavy atom. The van der Waals surface area contributed by atoms with Crippen LogP contribution in [-0.2, 0) is 4.79 Å². The van der Waals surface area contributed by atoms with Crippen molar-refractivity contribution < 1.29 is 18.7 Å². The number of hydrogen-bond donors (Lipinski definition) is 0. The summed E-state index contributed by atoms with van der Waals surface area (Å²) in [7, 11) is 1.57. The average molecular weight is 411 g/mol. The van der Waals surface area contributed by atoms with Crippen LogP contribution in [0.3, 0.4) is 0 Å². The van der Waals surface area contributed by atoms with Crippen molar-refractivity contribution in [3.63, 3.8) is 0 Å². The van der Waals surface area contributed by atoms with Crippen molar-refractivity contribution in [3.05, 3.63) is 57.5 Å². The summed E-state index contributed by atoms with van der Waals surface area (Å²) in [6.45, 7) is 9.86. The van der Waals surface area contributed by atoms with E-state index in [4.69, 9.17) is 13.9 Å². The van der Waals surface area contributed by atoms with Gasteiger partial charge in [-0.1, -0.05) is 24.1 Å². The number of rotatable bonds is 7. The molecule has 0 saturated heterocycles. The van der Waals surface area contributed by atoms with E-state index in [0.29, 0.717) is 29.1 Å². The largest absolute Gasteiger partial charge is 0.497 e. The van der Waals surface area contributed by atoms with Crippen LogP contribution >= 0.6 is 0 Å². The smallest absolute Gasteiger partial charge is 0.343 e. The summed E-state index contributed by atoms with van der Waals surface area (Å²) in [6, 6.07) is 5.41. The van der Waals surface area contributed by atoms with Crippen LogP contribution in [0.1, 0.15) is 65.4 Å². The van der Waals surface area contributed by atoms with Crippen LogP contribution in [0.25, 0.3) is 11.0 Å². The van der Waals surface area contributed by atoms with Crippen molar-refractivity contribution in [1.29, 1.82) is 0 Å². The van der Waals surface area contributed by atoms with Gasteiger partial charge in [0.1, 0.15) is 22.7 Å². The van der Waals surface area contributed by atoms with Gasteiger partial charge in [-0.2, -0.15) is 0 Å². The number of ketones is 1. The third kappa shape index (κ3) is 4.35. The zero-order valence-corrected chi connectivity index (χ0v) is 18.6. The molecule has 2 aromatic rings. The molecule has 0 aliphatic carbocycles. The summed E-state index contributed by atoms with van der Waals surface area (Å²) in [5.41, 5.74) is 2.22. The van der Waals surface area contributed by atoms with E-state index in [1.807, 2.05) is 46.8 Å². The van der Waals surface area contributed by atoms with Crippen LogP contribution in [0, 0.1) is 0 Å². The van der Waals surface area contributed by atoms with Crippen molar-refractivity contribution in [2.45, 2.75) is 65.4 Å². The normalized spacial score (nSPS) is 20.6. The lowest BCUT2D eigenvalue weighted by molar-refractivity contribution is -0.114. The van der Waals surface area contributed by atoms with Crippen LogP contribution in [-0.4, -0.2) is 18.5 Å². The predicted molar refractivity (Wildman–Crippen MR) is 119 cm³/mol. The maximum Gasteiger partial charge on any atom is 0.343 e. The summed E-state index contributed by atoms with van der Waals surface area (Å²) < 4.78 is 17.2. The summed E-state index contributed by atoms with van der Waals surface area (Å²) in [4.78, 5) is 24.6. The number of benzene rings is 1. The van der Waals surface area contributed by atoms with Gasteiger partial charge in [0.25, 0.3) is 0 Å². The number of allylic oxidation sites excluding steroid dienone is 4. The first-order chi connectivity index (χ1) is 14.1. The van der Waals surface area contributed by atoms with Gasteiger partial charge >= 0.3 is 5.63 Å². The Morgan fingerprint density at radius 2 is 2.00 bits per heavy atom. The molecule has 0 saturated carbocycles. The van der Waals surface area contributed by atoms with Crippen molar-refractivity contribution in [1.82, 2.24) is 0 Å². The SMILES string of the molecule is COc1ccc2c3c(c(=O)oc2c1)C(C)C(C)(CCC=C(C)CC(=O)C=C(C)C)O3. The van der Waals surface area contributed by atoms with E-state index >= 15 is 0 Å². The highest BCUT2D eigenvalue weighted by Gasteiger charge is 2.44. The number of hydrogen-bond acceptors (Lipinski definition) is 5. The number of fused-ring (bicyclic) bond motifs is 3. The van der Waals surface area contributed by atoms with E-state index in [1.54, 1.807) is 19.3 Å². The van der Waals surface area contributed by atoms with Crippen molar-refractivity contribution >= 4 is 16.8 Å². The predicted octanol–water partition coefficient (Wildman–Crippen LogP) is 5.71. The fraction of sp³-hybridized carbons (Fsp3) is 0.440. The molecule has 5 heteroatoms. The first kappa shape index (κ1) is 21.9. The second-order valence-electron chi connectivity index (χ2n) is 8.58. The molecule has 1 aromatic heterocycles.